The predicted octanol–water partition coefficient (Wildman–Crippen LogP) is 5.16. The molecule has 1 aliphatic rings. The van der Waals surface area contributed by atoms with Crippen LogP contribution in [0.1, 0.15) is 42.5 Å². The summed E-state index contributed by atoms with van der Waals surface area (Å²) in [5.74, 6) is -0.973. The molecule has 0 bridgehead atoms. The second-order valence-corrected chi connectivity index (χ2v) is 8.87. The molecule has 6 nitrogen and oxygen atoms in total. The van der Waals surface area contributed by atoms with Crippen molar-refractivity contribution in [2.75, 3.05) is 19.0 Å². The molecular formula is C29H29N3O3S. The molecule has 1 amide bonds. The average Bonchev–Trinajstić information content (AvgIpc) is 2.90. The molecule has 0 saturated heterocycles. The SMILES string of the molecule is CCN1C(=S)N[C@H](c2ccc(NC(=O)C(c3ccccc3)c3ccccc3)cc2)C(C(=O)OC)=C1C. The molecule has 2 N–H and O–H groups in total. The fourth-order valence-corrected chi connectivity index (χ4v) is 4.93. The zero-order chi connectivity index (χ0) is 25.7. The highest BCUT2D eigenvalue weighted by molar-refractivity contribution is 7.80. The Bertz CT molecular complexity index is 1230. The van der Waals surface area contributed by atoms with Crippen molar-refractivity contribution in [2.45, 2.75) is 25.8 Å². The minimum atomic E-state index is -0.445. The summed E-state index contributed by atoms with van der Waals surface area (Å²) in [4.78, 5) is 27.9. The zero-order valence-corrected chi connectivity index (χ0v) is 21.3. The van der Waals surface area contributed by atoms with Gasteiger partial charge in [0.15, 0.2) is 5.11 Å². The number of hydrogen-bond donors (Lipinski definition) is 2. The Balaban J connectivity index is 1.60. The number of nitrogens with zero attached hydrogens (tertiary/aromatic N) is 1. The fraction of sp³-hybridized carbons (Fsp3) is 0.207. The van der Waals surface area contributed by atoms with Crippen LogP contribution < -0.4 is 10.6 Å². The number of allylic oxidation sites excluding steroid dienone is 1. The third kappa shape index (κ3) is 5.16. The summed E-state index contributed by atoms with van der Waals surface area (Å²) in [6.07, 6.45) is 0. The normalized spacial score (nSPS) is 15.5. The van der Waals surface area contributed by atoms with Gasteiger partial charge in [-0.1, -0.05) is 72.8 Å². The van der Waals surface area contributed by atoms with E-state index in [-0.39, 0.29) is 5.91 Å². The highest BCUT2D eigenvalue weighted by Crippen LogP contribution is 2.32. The molecule has 0 unspecified atom stereocenters. The van der Waals surface area contributed by atoms with Crippen LogP contribution in [0.4, 0.5) is 5.69 Å². The topological polar surface area (TPSA) is 70.7 Å². The Morgan fingerprint density at radius 3 is 2.03 bits per heavy atom. The molecule has 0 aliphatic carbocycles. The van der Waals surface area contributed by atoms with Crippen molar-refractivity contribution < 1.29 is 14.3 Å². The minimum Gasteiger partial charge on any atom is -0.466 e. The molecule has 3 aromatic rings. The average molecular weight is 500 g/mol. The molecule has 0 spiro atoms. The van der Waals surface area contributed by atoms with E-state index in [0.717, 1.165) is 22.4 Å². The number of rotatable bonds is 7. The maximum atomic E-state index is 13.4. The van der Waals surface area contributed by atoms with Crippen LogP contribution in [-0.2, 0) is 14.3 Å². The zero-order valence-electron chi connectivity index (χ0n) is 20.5. The maximum absolute atomic E-state index is 13.4. The smallest absolute Gasteiger partial charge is 0.337 e. The number of ether oxygens (including phenoxy) is 1. The number of thiocarbonyl (C=S) groups is 1. The van der Waals surface area contributed by atoms with Gasteiger partial charge in [-0.3, -0.25) is 4.79 Å². The molecule has 3 aromatic carbocycles. The maximum Gasteiger partial charge on any atom is 0.337 e. The van der Waals surface area contributed by atoms with Crippen molar-refractivity contribution >= 4 is 34.9 Å². The lowest BCUT2D eigenvalue weighted by atomic mass is 9.90. The lowest BCUT2D eigenvalue weighted by Crippen LogP contribution is -2.47. The van der Waals surface area contributed by atoms with E-state index in [0.29, 0.717) is 22.9 Å². The number of hydrogen-bond acceptors (Lipinski definition) is 4. The first-order valence-electron chi connectivity index (χ1n) is 11.8. The van der Waals surface area contributed by atoms with E-state index in [4.69, 9.17) is 17.0 Å². The van der Waals surface area contributed by atoms with Gasteiger partial charge < -0.3 is 20.3 Å². The highest BCUT2D eigenvalue weighted by Gasteiger charge is 2.34. The number of carbonyl (C=O) groups excluding carboxylic acids is 2. The standard InChI is InChI=1S/C29H29N3O3S/c1-4-32-19(2)24(28(34)35-3)26(31-29(32)36)22-15-17-23(18-16-22)30-27(33)25(20-11-7-5-8-12-20)21-13-9-6-10-14-21/h5-18,25-26H,4H2,1-3H3,(H,30,33)(H,31,36)/t26-/m1/s1. The molecule has 1 atom stereocenters. The number of amides is 1. The number of benzene rings is 3. The van der Waals surface area contributed by atoms with Crippen LogP contribution in [0.2, 0.25) is 0 Å². The third-order valence-electron chi connectivity index (χ3n) is 6.36. The first-order valence-corrected chi connectivity index (χ1v) is 12.2. The molecule has 36 heavy (non-hydrogen) atoms. The van der Waals surface area contributed by atoms with Gasteiger partial charge in [-0.05, 0) is 54.9 Å². The van der Waals surface area contributed by atoms with Crippen molar-refractivity contribution in [3.8, 4) is 0 Å². The van der Waals surface area contributed by atoms with Crippen molar-refractivity contribution in [1.82, 2.24) is 10.2 Å². The molecule has 0 aromatic heterocycles. The summed E-state index contributed by atoms with van der Waals surface area (Å²) < 4.78 is 5.06. The van der Waals surface area contributed by atoms with Crippen molar-refractivity contribution in [2.24, 2.45) is 0 Å². The Morgan fingerprint density at radius 2 is 1.53 bits per heavy atom. The first-order chi connectivity index (χ1) is 17.4. The largest absolute Gasteiger partial charge is 0.466 e. The third-order valence-corrected chi connectivity index (χ3v) is 6.70. The van der Waals surface area contributed by atoms with Gasteiger partial charge in [0.2, 0.25) is 5.91 Å². The lowest BCUT2D eigenvalue weighted by molar-refractivity contribution is -0.136. The Kier molecular flexibility index (Phi) is 7.80. The number of anilines is 1. The number of methoxy groups -OCH3 is 1. The van der Waals surface area contributed by atoms with Crippen LogP contribution in [0.25, 0.3) is 0 Å². The van der Waals surface area contributed by atoms with Crippen LogP contribution in [0.15, 0.2) is 96.2 Å². The van der Waals surface area contributed by atoms with Gasteiger partial charge in [0.05, 0.1) is 24.6 Å². The molecule has 1 heterocycles. The van der Waals surface area contributed by atoms with Crippen LogP contribution in [-0.4, -0.2) is 35.5 Å². The van der Waals surface area contributed by atoms with Crippen LogP contribution in [0.5, 0.6) is 0 Å². The van der Waals surface area contributed by atoms with Gasteiger partial charge >= 0.3 is 5.97 Å². The van der Waals surface area contributed by atoms with Crippen molar-refractivity contribution in [1.29, 1.82) is 0 Å². The number of nitrogens with one attached hydrogen (secondary N) is 2. The molecule has 1 aliphatic heterocycles. The summed E-state index contributed by atoms with van der Waals surface area (Å²) in [6.45, 7) is 4.49. The number of esters is 1. The van der Waals surface area contributed by atoms with Gasteiger partial charge in [0, 0.05) is 17.9 Å². The van der Waals surface area contributed by atoms with E-state index < -0.39 is 17.9 Å². The Morgan fingerprint density at radius 1 is 0.972 bits per heavy atom. The molecule has 0 radical (unpaired) electrons. The molecule has 184 valence electrons. The molecule has 0 saturated carbocycles. The summed E-state index contributed by atoms with van der Waals surface area (Å²) >= 11 is 5.53. The van der Waals surface area contributed by atoms with Crippen LogP contribution in [0.3, 0.4) is 0 Å². The van der Waals surface area contributed by atoms with Gasteiger partial charge in [0.1, 0.15) is 0 Å². The van der Waals surface area contributed by atoms with Gasteiger partial charge in [0.25, 0.3) is 0 Å². The highest BCUT2D eigenvalue weighted by atomic mass is 32.1. The second kappa shape index (κ2) is 11.2. The number of carbonyl (C=O) groups is 2. The van der Waals surface area contributed by atoms with E-state index in [2.05, 4.69) is 10.6 Å². The summed E-state index contributed by atoms with van der Waals surface area (Å²) in [7, 11) is 1.37. The lowest BCUT2D eigenvalue weighted by Gasteiger charge is -2.36. The minimum absolute atomic E-state index is 0.123. The summed E-state index contributed by atoms with van der Waals surface area (Å²) in [5.41, 5.74) is 4.62. The molecule has 0 fully saturated rings. The van der Waals surface area contributed by atoms with Crippen molar-refractivity contribution in [3.05, 3.63) is 113 Å². The Hall–Kier alpha value is -3.97. The van der Waals surface area contributed by atoms with Crippen molar-refractivity contribution in [3.63, 3.8) is 0 Å². The first kappa shape index (κ1) is 25.1. The Labute approximate surface area is 217 Å². The monoisotopic (exact) mass is 499 g/mol. The van der Waals surface area contributed by atoms with E-state index >= 15 is 0 Å². The van der Waals surface area contributed by atoms with E-state index in [9.17, 15) is 9.59 Å². The van der Waals surface area contributed by atoms with Gasteiger partial charge in [-0.25, -0.2) is 4.79 Å². The van der Waals surface area contributed by atoms with E-state index in [1.54, 1.807) is 0 Å². The molecule has 4 rings (SSSR count). The molecular weight excluding hydrogens is 470 g/mol. The van der Waals surface area contributed by atoms with E-state index in [1.165, 1.54) is 7.11 Å². The summed E-state index contributed by atoms with van der Waals surface area (Å²) in [6, 6.07) is 26.4. The van der Waals surface area contributed by atoms with E-state index in [1.807, 2.05) is 104 Å². The quantitative estimate of drug-likeness (QED) is 0.346. The van der Waals surface area contributed by atoms with Gasteiger partial charge in [-0.15, -0.1) is 0 Å². The molecule has 7 heteroatoms. The predicted molar refractivity (Wildman–Crippen MR) is 145 cm³/mol. The summed E-state index contributed by atoms with van der Waals surface area (Å²) in [5, 5.41) is 6.87. The fourth-order valence-electron chi connectivity index (χ4n) is 4.55. The van der Waals surface area contributed by atoms with Crippen LogP contribution in [0, 0.1) is 0 Å². The second-order valence-electron chi connectivity index (χ2n) is 8.48. The van der Waals surface area contributed by atoms with Crippen LogP contribution >= 0.6 is 12.2 Å². The van der Waals surface area contributed by atoms with Gasteiger partial charge in [-0.2, -0.15) is 0 Å².